The summed E-state index contributed by atoms with van der Waals surface area (Å²) < 4.78 is 39.1. The zero-order valence-corrected chi connectivity index (χ0v) is 16.3. The van der Waals surface area contributed by atoms with Gasteiger partial charge in [-0.3, -0.25) is 14.5 Å². The third-order valence-corrected chi connectivity index (χ3v) is 4.37. The SMILES string of the molecule is CCN(CC(=O)Nc1ccccc1C(F)(F)F)CC(=O)N[C@@H](C)c1ccccc1. The van der Waals surface area contributed by atoms with Gasteiger partial charge in [-0.15, -0.1) is 0 Å². The molecule has 2 rings (SSSR count). The highest BCUT2D eigenvalue weighted by molar-refractivity contribution is 5.93. The van der Waals surface area contributed by atoms with E-state index in [0.717, 1.165) is 11.6 Å². The molecule has 0 aromatic heterocycles. The van der Waals surface area contributed by atoms with Crippen LogP contribution in [0.2, 0.25) is 0 Å². The Kier molecular flexibility index (Phi) is 7.78. The lowest BCUT2D eigenvalue weighted by molar-refractivity contribution is -0.137. The van der Waals surface area contributed by atoms with E-state index in [1.807, 2.05) is 37.3 Å². The second-order valence-electron chi connectivity index (χ2n) is 6.59. The maximum atomic E-state index is 13.0. The minimum absolute atomic E-state index is 0.0397. The highest BCUT2D eigenvalue weighted by Gasteiger charge is 2.33. The number of alkyl halides is 3. The molecule has 0 radical (unpaired) electrons. The summed E-state index contributed by atoms with van der Waals surface area (Å²) in [5, 5.41) is 5.14. The van der Waals surface area contributed by atoms with Gasteiger partial charge < -0.3 is 10.6 Å². The number of nitrogens with one attached hydrogen (secondary N) is 2. The Balaban J connectivity index is 1.93. The average Bonchev–Trinajstić information content (AvgIpc) is 2.67. The summed E-state index contributed by atoms with van der Waals surface area (Å²) in [5.74, 6) is -0.890. The predicted molar refractivity (Wildman–Crippen MR) is 105 cm³/mol. The van der Waals surface area contributed by atoms with E-state index in [-0.39, 0.29) is 30.7 Å². The smallest absolute Gasteiger partial charge is 0.348 e. The van der Waals surface area contributed by atoms with Crippen LogP contribution in [0.5, 0.6) is 0 Å². The van der Waals surface area contributed by atoms with Gasteiger partial charge in [-0.05, 0) is 31.2 Å². The van der Waals surface area contributed by atoms with Crippen molar-refractivity contribution in [3.8, 4) is 0 Å². The number of likely N-dealkylation sites (N-methyl/N-ethyl adjacent to an activating group) is 1. The summed E-state index contributed by atoms with van der Waals surface area (Å²) in [6.45, 7) is 3.77. The van der Waals surface area contributed by atoms with Crippen LogP contribution in [0.25, 0.3) is 0 Å². The standard InChI is InChI=1S/C21H24F3N3O2/c1-3-27(13-19(28)25-15(2)16-9-5-4-6-10-16)14-20(29)26-18-12-8-7-11-17(18)21(22,23)24/h4-12,15H,3,13-14H2,1-2H3,(H,25,28)(H,26,29)/t15-/m0/s1. The predicted octanol–water partition coefficient (Wildman–Crippen LogP) is 3.84. The molecular formula is C21H24F3N3O2. The number of amides is 2. The number of carbonyl (C=O) groups is 2. The fraction of sp³-hybridized carbons (Fsp3) is 0.333. The molecule has 0 fully saturated rings. The first kappa shape index (κ1) is 22.4. The molecule has 0 aliphatic heterocycles. The lowest BCUT2D eigenvalue weighted by atomic mass is 10.1. The normalized spacial score (nSPS) is 12.5. The molecule has 0 saturated carbocycles. The van der Waals surface area contributed by atoms with Crippen LogP contribution in [-0.2, 0) is 15.8 Å². The van der Waals surface area contributed by atoms with Gasteiger partial charge in [0.25, 0.3) is 0 Å². The fourth-order valence-corrected chi connectivity index (χ4v) is 2.83. The molecule has 2 amide bonds. The quantitative estimate of drug-likeness (QED) is 0.699. The lowest BCUT2D eigenvalue weighted by Gasteiger charge is -2.22. The molecular weight excluding hydrogens is 383 g/mol. The fourth-order valence-electron chi connectivity index (χ4n) is 2.83. The van der Waals surface area contributed by atoms with Crippen molar-refractivity contribution in [2.75, 3.05) is 25.0 Å². The summed E-state index contributed by atoms with van der Waals surface area (Å²) >= 11 is 0. The number of rotatable bonds is 8. The van der Waals surface area contributed by atoms with Gasteiger partial charge in [0.2, 0.25) is 11.8 Å². The molecule has 2 aromatic carbocycles. The van der Waals surface area contributed by atoms with Crippen molar-refractivity contribution in [3.05, 3.63) is 65.7 Å². The number of halogens is 3. The third-order valence-electron chi connectivity index (χ3n) is 4.37. The molecule has 1 atom stereocenters. The largest absolute Gasteiger partial charge is 0.418 e. The first-order valence-electron chi connectivity index (χ1n) is 9.23. The van der Waals surface area contributed by atoms with E-state index in [1.54, 1.807) is 11.8 Å². The molecule has 0 saturated heterocycles. The van der Waals surface area contributed by atoms with Crippen molar-refractivity contribution in [1.29, 1.82) is 0 Å². The summed E-state index contributed by atoms with van der Waals surface area (Å²) in [6.07, 6.45) is -4.57. The highest BCUT2D eigenvalue weighted by atomic mass is 19.4. The topological polar surface area (TPSA) is 61.4 Å². The van der Waals surface area contributed by atoms with E-state index < -0.39 is 17.6 Å². The first-order valence-corrected chi connectivity index (χ1v) is 9.23. The van der Waals surface area contributed by atoms with Crippen LogP contribution in [0.4, 0.5) is 18.9 Å². The molecule has 0 heterocycles. The highest BCUT2D eigenvalue weighted by Crippen LogP contribution is 2.34. The van der Waals surface area contributed by atoms with Crippen LogP contribution < -0.4 is 10.6 Å². The van der Waals surface area contributed by atoms with Gasteiger partial charge in [0.05, 0.1) is 30.4 Å². The Labute approximate surface area is 167 Å². The van der Waals surface area contributed by atoms with E-state index >= 15 is 0 Å². The number of nitrogens with zero attached hydrogens (tertiary/aromatic N) is 1. The summed E-state index contributed by atoms with van der Waals surface area (Å²) in [6, 6.07) is 14.0. The Hall–Kier alpha value is -2.87. The van der Waals surface area contributed by atoms with E-state index in [0.29, 0.717) is 6.54 Å². The van der Waals surface area contributed by atoms with Crippen LogP contribution in [0.1, 0.15) is 31.0 Å². The van der Waals surface area contributed by atoms with E-state index in [1.165, 1.54) is 18.2 Å². The maximum absolute atomic E-state index is 13.0. The maximum Gasteiger partial charge on any atom is 0.418 e. The number of carbonyl (C=O) groups excluding carboxylic acids is 2. The zero-order chi connectivity index (χ0) is 21.4. The molecule has 8 heteroatoms. The third kappa shape index (κ3) is 6.90. The first-order chi connectivity index (χ1) is 13.7. The van der Waals surface area contributed by atoms with Crippen molar-refractivity contribution in [1.82, 2.24) is 10.2 Å². The van der Waals surface area contributed by atoms with Crippen LogP contribution >= 0.6 is 0 Å². The van der Waals surface area contributed by atoms with Gasteiger partial charge in [-0.1, -0.05) is 49.4 Å². The van der Waals surface area contributed by atoms with Gasteiger partial charge in [0.1, 0.15) is 0 Å². The second-order valence-corrected chi connectivity index (χ2v) is 6.59. The lowest BCUT2D eigenvalue weighted by Crippen LogP contribution is -2.41. The molecule has 2 N–H and O–H groups in total. The Morgan fingerprint density at radius 2 is 1.55 bits per heavy atom. The minimum Gasteiger partial charge on any atom is -0.348 e. The van der Waals surface area contributed by atoms with Gasteiger partial charge in [-0.2, -0.15) is 13.2 Å². The van der Waals surface area contributed by atoms with E-state index in [9.17, 15) is 22.8 Å². The van der Waals surface area contributed by atoms with E-state index in [2.05, 4.69) is 10.6 Å². The molecule has 0 aliphatic rings. The van der Waals surface area contributed by atoms with Crippen LogP contribution in [0.15, 0.2) is 54.6 Å². The monoisotopic (exact) mass is 407 g/mol. The van der Waals surface area contributed by atoms with Gasteiger partial charge >= 0.3 is 6.18 Å². The average molecular weight is 407 g/mol. The Bertz CT molecular complexity index is 825. The second kappa shape index (κ2) is 10.1. The summed E-state index contributed by atoms with van der Waals surface area (Å²) in [5.41, 5.74) is -0.264. The van der Waals surface area contributed by atoms with Crippen LogP contribution in [-0.4, -0.2) is 36.3 Å². The summed E-state index contributed by atoms with van der Waals surface area (Å²) in [4.78, 5) is 26.1. The molecule has 0 bridgehead atoms. The Morgan fingerprint density at radius 1 is 0.966 bits per heavy atom. The van der Waals surface area contributed by atoms with Crippen molar-refractivity contribution in [3.63, 3.8) is 0 Å². The molecule has 2 aromatic rings. The van der Waals surface area contributed by atoms with Crippen LogP contribution in [0, 0.1) is 0 Å². The zero-order valence-electron chi connectivity index (χ0n) is 16.3. The van der Waals surface area contributed by atoms with Crippen LogP contribution in [0.3, 0.4) is 0 Å². The van der Waals surface area contributed by atoms with Crippen molar-refractivity contribution in [2.24, 2.45) is 0 Å². The molecule has 29 heavy (non-hydrogen) atoms. The van der Waals surface area contributed by atoms with Crippen molar-refractivity contribution in [2.45, 2.75) is 26.1 Å². The van der Waals surface area contributed by atoms with E-state index in [4.69, 9.17) is 0 Å². The number of anilines is 1. The van der Waals surface area contributed by atoms with Gasteiger partial charge in [-0.25, -0.2) is 0 Å². The molecule has 5 nitrogen and oxygen atoms in total. The van der Waals surface area contributed by atoms with Crippen molar-refractivity contribution < 1.29 is 22.8 Å². The van der Waals surface area contributed by atoms with Gasteiger partial charge in [0.15, 0.2) is 0 Å². The Morgan fingerprint density at radius 3 is 2.17 bits per heavy atom. The summed E-state index contributed by atoms with van der Waals surface area (Å²) in [7, 11) is 0. The molecule has 0 aliphatic carbocycles. The molecule has 0 spiro atoms. The number of hydrogen-bond acceptors (Lipinski definition) is 3. The molecule has 0 unspecified atom stereocenters. The van der Waals surface area contributed by atoms with Gasteiger partial charge in [0, 0.05) is 0 Å². The molecule has 156 valence electrons. The number of para-hydroxylation sites is 1. The van der Waals surface area contributed by atoms with Crippen molar-refractivity contribution >= 4 is 17.5 Å². The number of hydrogen-bond donors (Lipinski definition) is 2. The number of benzene rings is 2. The minimum atomic E-state index is -4.57.